The molecule has 6 aromatic rings. The van der Waals surface area contributed by atoms with Crippen LogP contribution >= 0.6 is 11.8 Å². The smallest absolute Gasteiger partial charge is 0.417 e. The van der Waals surface area contributed by atoms with Crippen LogP contribution in [-0.2, 0) is 28.7 Å². The van der Waals surface area contributed by atoms with Crippen molar-refractivity contribution in [2.24, 2.45) is 0 Å². The summed E-state index contributed by atoms with van der Waals surface area (Å²) in [6, 6.07) is 25.7. The first-order chi connectivity index (χ1) is 23.8. The van der Waals surface area contributed by atoms with Gasteiger partial charge in [-0.1, -0.05) is 69.3 Å². The summed E-state index contributed by atoms with van der Waals surface area (Å²) in [5.41, 5.74) is 5.51. The number of halogens is 3. The second-order valence-corrected chi connectivity index (χ2v) is 15.0. The maximum Gasteiger partial charge on any atom is 0.417 e. The van der Waals surface area contributed by atoms with E-state index in [0.29, 0.717) is 24.3 Å². The van der Waals surface area contributed by atoms with Gasteiger partial charge in [-0.2, -0.15) is 13.2 Å². The summed E-state index contributed by atoms with van der Waals surface area (Å²) in [5, 5.41) is 2.06. The van der Waals surface area contributed by atoms with Gasteiger partial charge in [0.15, 0.2) is 0 Å². The Bertz CT molecular complexity index is 2140. The normalized spacial score (nSPS) is 12.7. The van der Waals surface area contributed by atoms with Crippen LogP contribution < -0.4 is 4.74 Å². The Morgan fingerprint density at radius 3 is 2.38 bits per heavy atom. The summed E-state index contributed by atoms with van der Waals surface area (Å²) in [6.07, 6.45) is -3.27. The molecule has 50 heavy (non-hydrogen) atoms. The highest BCUT2D eigenvalue weighted by atomic mass is 32.2. The number of aromatic nitrogens is 3. The third-order valence-corrected chi connectivity index (χ3v) is 9.54. The molecule has 0 fully saturated rings. The molecule has 0 amide bonds. The van der Waals surface area contributed by atoms with Crippen LogP contribution in [0, 0.1) is 6.92 Å². The van der Waals surface area contributed by atoms with Crippen LogP contribution in [-0.4, -0.2) is 32.3 Å². The molecule has 1 N–H and O–H groups in total. The number of aryl methyl sites for hydroxylation is 1. The number of alkyl halides is 3. The molecule has 3 heterocycles. The number of nitrogens with one attached hydrogen (secondary N) is 1. The van der Waals surface area contributed by atoms with Crippen LogP contribution in [0.3, 0.4) is 0 Å². The Kier molecular flexibility index (Phi) is 9.94. The standard InChI is InChI=1S/C40H38F3N3O3S/c1-6-48-38(47)30(21-25-11-13-27(14-12-25)31-18-16-28(22-44-31)40(41,42)43)36-37(50-39(3,4)5)35-24(2)34(20-19-33(35)46-36)49-23-29-17-15-26-9-7-8-10-32(26)45-29/h7-20,22,30,46H,6,21,23H2,1-5H3. The van der Waals surface area contributed by atoms with E-state index in [1.165, 1.54) is 6.07 Å². The van der Waals surface area contributed by atoms with Crippen LogP contribution in [0.15, 0.2) is 96.0 Å². The number of aromatic amines is 1. The van der Waals surface area contributed by atoms with Gasteiger partial charge in [-0.3, -0.25) is 9.78 Å². The van der Waals surface area contributed by atoms with Crippen LogP contribution in [0.5, 0.6) is 5.75 Å². The average Bonchev–Trinajstić information content (AvgIpc) is 3.43. The van der Waals surface area contributed by atoms with Crippen LogP contribution in [0.2, 0.25) is 0 Å². The lowest BCUT2D eigenvalue weighted by Crippen LogP contribution is -2.20. The number of H-pyrrole nitrogens is 1. The van der Waals surface area contributed by atoms with Crippen molar-refractivity contribution in [2.45, 2.75) is 69.4 Å². The highest BCUT2D eigenvalue weighted by Crippen LogP contribution is 2.45. The topological polar surface area (TPSA) is 77.1 Å². The first-order valence-corrected chi connectivity index (χ1v) is 17.2. The van der Waals surface area contributed by atoms with E-state index < -0.39 is 17.7 Å². The largest absolute Gasteiger partial charge is 0.487 e. The second-order valence-electron chi connectivity index (χ2n) is 13.1. The van der Waals surface area contributed by atoms with Gasteiger partial charge < -0.3 is 14.5 Å². The molecule has 0 saturated carbocycles. The predicted octanol–water partition coefficient (Wildman–Crippen LogP) is 10.5. The molecular weight excluding hydrogens is 660 g/mol. The van der Waals surface area contributed by atoms with E-state index in [2.05, 4.69) is 30.7 Å². The summed E-state index contributed by atoms with van der Waals surface area (Å²) < 4.78 is 50.9. The molecule has 1 unspecified atom stereocenters. The Morgan fingerprint density at radius 1 is 0.940 bits per heavy atom. The fraction of sp³-hybridized carbons (Fsp3) is 0.275. The van der Waals surface area contributed by atoms with Crippen LogP contribution in [0.1, 0.15) is 61.7 Å². The van der Waals surface area contributed by atoms with E-state index in [0.717, 1.165) is 67.2 Å². The number of thioether (sulfide) groups is 1. The molecule has 3 aromatic heterocycles. The number of ether oxygens (including phenoxy) is 2. The SMILES string of the molecule is CCOC(=O)C(Cc1ccc(-c2ccc(C(F)(F)F)cn2)cc1)c1[nH]c2ccc(OCc3ccc4ccccc4n3)c(C)c2c1SC(C)(C)C. The van der Waals surface area contributed by atoms with E-state index in [4.69, 9.17) is 14.5 Å². The zero-order chi connectivity index (χ0) is 35.6. The minimum absolute atomic E-state index is 0.183. The third kappa shape index (κ3) is 7.81. The molecule has 10 heteroatoms. The van der Waals surface area contributed by atoms with Crippen molar-refractivity contribution in [3.63, 3.8) is 0 Å². The van der Waals surface area contributed by atoms with Gasteiger partial charge in [0.2, 0.25) is 0 Å². The number of hydrogen-bond donors (Lipinski definition) is 1. The van der Waals surface area contributed by atoms with Crippen LogP contribution in [0.4, 0.5) is 13.2 Å². The number of rotatable bonds is 10. The fourth-order valence-corrected chi connectivity index (χ4v) is 7.19. The Morgan fingerprint density at radius 2 is 1.70 bits per heavy atom. The number of fused-ring (bicyclic) bond motifs is 2. The highest BCUT2D eigenvalue weighted by molar-refractivity contribution is 8.00. The lowest BCUT2D eigenvalue weighted by atomic mass is 9.94. The molecule has 0 aliphatic rings. The molecule has 0 bridgehead atoms. The summed E-state index contributed by atoms with van der Waals surface area (Å²) >= 11 is 1.68. The van der Waals surface area contributed by atoms with Crippen LogP contribution in [0.25, 0.3) is 33.1 Å². The quantitative estimate of drug-likeness (QED) is 0.113. The van der Waals surface area contributed by atoms with Gasteiger partial charge >= 0.3 is 12.1 Å². The Hall–Kier alpha value is -4.83. The zero-order valence-corrected chi connectivity index (χ0v) is 29.3. The predicted molar refractivity (Wildman–Crippen MR) is 192 cm³/mol. The summed E-state index contributed by atoms with van der Waals surface area (Å²) in [5.74, 6) is -0.262. The summed E-state index contributed by atoms with van der Waals surface area (Å²) in [6.45, 7) is 10.8. The maximum absolute atomic E-state index is 13.7. The van der Waals surface area contributed by atoms with Gasteiger partial charge in [0, 0.05) is 48.9 Å². The van der Waals surface area contributed by atoms with Gasteiger partial charge in [0.25, 0.3) is 0 Å². The number of carbonyl (C=O) groups excluding carboxylic acids is 1. The van der Waals surface area contributed by atoms with Gasteiger partial charge in [0.05, 0.1) is 29.1 Å². The minimum atomic E-state index is -4.45. The molecule has 0 aliphatic carbocycles. The molecule has 1 atom stereocenters. The second kappa shape index (κ2) is 14.2. The number of hydrogen-bond acceptors (Lipinski definition) is 6. The van der Waals surface area contributed by atoms with Crippen molar-refractivity contribution >= 4 is 39.5 Å². The number of carbonyl (C=O) groups is 1. The molecule has 0 aliphatic heterocycles. The van der Waals surface area contributed by atoms with Crippen molar-refractivity contribution in [1.82, 2.24) is 15.0 Å². The molecule has 0 spiro atoms. The van der Waals surface area contributed by atoms with E-state index in [9.17, 15) is 18.0 Å². The monoisotopic (exact) mass is 697 g/mol. The number of pyridine rings is 2. The molecule has 0 saturated heterocycles. The first kappa shape index (κ1) is 35.0. The number of esters is 1. The van der Waals surface area contributed by atoms with Crippen molar-refractivity contribution in [3.8, 4) is 17.0 Å². The lowest BCUT2D eigenvalue weighted by Gasteiger charge is -2.22. The van der Waals surface area contributed by atoms with Gasteiger partial charge in [-0.15, -0.1) is 11.8 Å². The number of benzene rings is 3. The van der Waals surface area contributed by atoms with Gasteiger partial charge in [-0.25, -0.2) is 4.98 Å². The number of nitrogens with zero attached hydrogens (tertiary/aromatic N) is 2. The van der Waals surface area contributed by atoms with Crippen molar-refractivity contribution in [1.29, 1.82) is 0 Å². The molecular formula is C40H38F3N3O3S. The van der Waals surface area contributed by atoms with E-state index in [1.54, 1.807) is 30.8 Å². The molecule has 3 aromatic carbocycles. The van der Waals surface area contributed by atoms with Crippen molar-refractivity contribution < 1.29 is 27.4 Å². The maximum atomic E-state index is 13.7. The van der Waals surface area contributed by atoms with Crippen molar-refractivity contribution in [2.75, 3.05) is 6.61 Å². The minimum Gasteiger partial charge on any atom is -0.487 e. The zero-order valence-electron chi connectivity index (χ0n) is 28.5. The third-order valence-electron chi connectivity index (χ3n) is 8.30. The van der Waals surface area contributed by atoms with E-state index >= 15 is 0 Å². The van der Waals surface area contributed by atoms with Gasteiger partial charge in [-0.05, 0) is 62.2 Å². The lowest BCUT2D eigenvalue weighted by molar-refractivity contribution is -0.145. The van der Waals surface area contributed by atoms with E-state index in [1.807, 2.05) is 67.6 Å². The molecule has 6 rings (SSSR count). The summed E-state index contributed by atoms with van der Waals surface area (Å²) in [7, 11) is 0. The van der Waals surface area contributed by atoms with E-state index in [-0.39, 0.29) is 17.3 Å². The number of para-hydroxylation sites is 1. The molecule has 0 radical (unpaired) electrons. The van der Waals surface area contributed by atoms with Crippen molar-refractivity contribution in [3.05, 3.63) is 119 Å². The van der Waals surface area contributed by atoms with Gasteiger partial charge in [0.1, 0.15) is 18.3 Å². The molecule has 258 valence electrons. The average molecular weight is 698 g/mol. The highest BCUT2D eigenvalue weighted by Gasteiger charge is 2.32. The summed E-state index contributed by atoms with van der Waals surface area (Å²) in [4.78, 5) is 27.0. The Labute approximate surface area is 293 Å². The Balaban J connectivity index is 1.33. The fourth-order valence-electron chi connectivity index (χ4n) is 5.91. The first-order valence-electron chi connectivity index (χ1n) is 16.4. The molecule has 6 nitrogen and oxygen atoms in total.